The Labute approximate surface area is 182 Å². The topological polar surface area (TPSA) is 95.9 Å². The van der Waals surface area contributed by atoms with Crippen LogP contribution < -0.4 is 14.5 Å². The summed E-state index contributed by atoms with van der Waals surface area (Å²) in [4.78, 5) is 33.9. The molecule has 0 aliphatic carbocycles. The van der Waals surface area contributed by atoms with Gasteiger partial charge in [0.05, 0.1) is 18.5 Å². The van der Waals surface area contributed by atoms with Gasteiger partial charge in [0.2, 0.25) is 0 Å². The van der Waals surface area contributed by atoms with Crippen molar-refractivity contribution in [1.29, 1.82) is 0 Å². The van der Waals surface area contributed by atoms with E-state index in [4.69, 9.17) is 9.84 Å². The molecule has 0 saturated carbocycles. The first-order valence-electron chi connectivity index (χ1n) is 10.8. The monoisotopic (exact) mass is 426 g/mol. The highest BCUT2D eigenvalue weighted by molar-refractivity contribution is 5.87. The van der Waals surface area contributed by atoms with Crippen molar-refractivity contribution >= 4 is 23.8 Å². The van der Waals surface area contributed by atoms with Crippen LogP contribution in [0.1, 0.15) is 48.4 Å². The number of carbonyl (C=O) groups is 2. The smallest absolute Gasteiger partial charge is 0.354 e. The zero-order valence-electron chi connectivity index (χ0n) is 18.4. The number of aryl methyl sites for hydroxylation is 1. The standard InChI is InChI=1S/C11H13N3O2.C10H11NO2.C2H6/c1-13-7-4-5-14(6-7)9-3-2-8(11(15)16)12-10(9)13;12-4-3-9-6-8-2-1-5-13-10(8)7-11-9;1-2/h2-3,7H,4-6H2,1H3,(H,15,16);4,6-7H,1-3,5H2;1-2H3. The summed E-state index contributed by atoms with van der Waals surface area (Å²) in [5.41, 5.74) is 3.19. The highest BCUT2D eigenvalue weighted by atomic mass is 16.5. The van der Waals surface area contributed by atoms with E-state index in [1.165, 1.54) is 5.56 Å². The molecule has 1 saturated heterocycles. The minimum absolute atomic E-state index is 0.119. The van der Waals surface area contributed by atoms with Crippen molar-refractivity contribution in [2.24, 2.45) is 0 Å². The van der Waals surface area contributed by atoms with E-state index in [0.717, 1.165) is 68.2 Å². The zero-order valence-corrected chi connectivity index (χ0v) is 18.4. The predicted octanol–water partition coefficient (Wildman–Crippen LogP) is 2.98. The van der Waals surface area contributed by atoms with Crippen LogP contribution in [0.25, 0.3) is 0 Å². The molecule has 8 nitrogen and oxygen atoms in total. The fourth-order valence-electron chi connectivity index (χ4n) is 4.02. The number of carboxylic acid groups (broad SMARTS) is 1. The average Bonchev–Trinajstić information content (AvgIpc) is 3.25. The Morgan fingerprint density at radius 1 is 1.35 bits per heavy atom. The number of hydrogen-bond donors (Lipinski definition) is 1. The molecule has 2 bridgehead atoms. The first-order valence-corrected chi connectivity index (χ1v) is 10.8. The van der Waals surface area contributed by atoms with Crippen LogP contribution in [0.4, 0.5) is 11.5 Å². The fourth-order valence-corrected chi connectivity index (χ4v) is 4.02. The molecule has 5 heterocycles. The van der Waals surface area contributed by atoms with Crippen LogP contribution in [0.15, 0.2) is 24.4 Å². The van der Waals surface area contributed by atoms with Crippen molar-refractivity contribution < 1.29 is 19.4 Å². The molecular weight excluding hydrogens is 396 g/mol. The Balaban J connectivity index is 0.000000166. The number of aromatic nitrogens is 2. The van der Waals surface area contributed by atoms with E-state index >= 15 is 0 Å². The third-order valence-corrected chi connectivity index (χ3v) is 5.60. The Hall–Kier alpha value is -3.16. The number of aromatic carboxylic acids is 1. The summed E-state index contributed by atoms with van der Waals surface area (Å²) in [6.07, 6.45) is 6.19. The van der Waals surface area contributed by atoms with E-state index in [9.17, 15) is 9.59 Å². The summed E-state index contributed by atoms with van der Waals surface area (Å²) in [5, 5.41) is 8.93. The molecule has 1 atom stereocenters. The largest absolute Gasteiger partial charge is 0.492 e. The van der Waals surface area contributed by atoms with E-state index in [1.807, 2.05) is 33.0 Å². The van der Waals surface area contributed by atoms with E-state index in [2.05, 4.69) is 19.8 Å². The first kappa shape index (κ1) is 22.5. The van der Waals surface area contributed by atoms with E-state index < -0.39 is 5.97 Å². The van der Waals surface area contributed by atoms with Crippen LogP contribution in [0, 0.1) is 0 Å². The lowest BCUT2D eigenvalue weighted by molar-refractivity contribution is -0.107. The van der Waals surface area contributed by atoms with Crippen molar-refractivity contribution in [1.82, 2.24) is 9.97 Å². The molecule has 166 valence electrons. The number of carboxylic acids is 1. The normalized spacial score (nSPS) is 17.7. The molecule has 1 N–H and O–H groups in total. The van der Waals surface area contributed by atoms with E-state index in [-0.39, 0.29) is 5.69 Å². The van der Waals surface area contributed by atoms with Gasteiger partial charge in [-0.15, -0.1) is 0 Å². The Kier molecular flexibility index (Phi) is 7.44. The van der Waals surface area contributed by atoms with Crippen LogP contribution in [-0.2, 0) is 17.6 Å². The lowest BCUT2D eigenvalue weighted by atomic mass is 10.1. The van der Waals surface area contributed by atoms with Crippen LogP contribution in [0.3, 0.4) is 0 Å². The van der Waals surface area contributed by atoms with Crippen molar-refractivity contribution in [2.75, 3.05) is 36.5 Å². The van der Waals surface area contributed by atoms with E-state index in [1.54, 1.807) is 12.3 Å². The van der Waals surface area contributed by atoms with Gasteiger partial charge in [-0.05, 0) is 43.0 Å². The second kappa shape index (κ2) is 10.2. The Bertz CT molecular complexity index is 934. The first-order chi connectivity index (χ1) is 15.1. The number of hydrogen-bond acceptors (Lipinski definition) is 7. The summed E-state index contributed by atoms with van der Waals surface area (Å²) in [7, 11) is 1.99. The molecule has 3 aliphatic heterocycles. The number of pyridine rings is 2. The SMILES string of the molecule is CC.CN1c2nc(C(=O)O)ccc2N2CCC1C2.O=CCc1cc2c(cn1)OCCC2. The van der Waals surface area contributed by atoms with Crippen molar-refractivity contribution in [2.45, 2.75) is 45.6 Å². The number of rotatable bonds is 3. The minimum Gasteiger partial charge on any atom is -0.492 e. The summed E-state index contributed by atoms with van der Waals surface area (Å²) in [6.45, 7) is 6.84. The third kappa shape index (κ3) is 4.95. The van der Waals surface area contributed by atoms with Gasteiger partial charge in [0.25, 0.3) is 0 Å². The molecule has 8 heteroatoms. The summed E-state index contributed by atoms with van der Waals surface area (Å²) < 4.78 is 5.41. The molecule has 2 aromatic rings. The van der Waals surface area contributed by atoms with Crippen LogP contribution in [0.2, 0.25) is 0 Å². The lowest BCUT2D eigenvalue weighted by Gasteiger charge is -2.34. The molecule has 0 spiro atoms. The third-order valence-electron chi connectivity index (χ3n) is 5.60. The number of ether oxygens (including phenoxy) is 1. The molecule has 3 aliphatic rings. The van der Waals surface area contributed by atoms with Crippen molar-refractivity contribution in [3.05, 3.63) is 41.3 Å². The Morgan fingerprint density at radius 3 is 2.90 bits per heavy atom. The molecule has 31 heavy (non-hydrogen) atoms. The van der Waals surface area contributed by atoms with E-state index in [0.29, 0.717) is 12.5 Å². The van der Waals surface area contributed by atoms with Crippen LogP contribution in [0.5, 0.6) is 5.75 Å². The average molecular weight is 427 g/mol. The van der Waals surface area contributed by atoms with Gasteiger partial charge in [0, 0.05) is 38.3 Å². The molecule has 1 unspecified atom stereocenters. The number of nitrogens with zero attached hydrogens (tertiary/aromatic N) is 4. The molecule has 0 radical (unpaired) electrons. The minimum atomic E-state index is -0.968. The quantitative estimate of drug-likeness (QED) is 0.749. The van der Waals surface area contributed by atoms with Gasteiger partial charge < -0.3 is 24.4 Å². The van der Waals surface area contributed by atoms with Gasteiger partial charge >= 0.3 is 5.97 Å². The van der Waals surface area contributed by atoms with Gasteiger partial charge in [-0.3, -0.25) is 4.98 Å². The van der Waals surface area contributed by atoms with Crippen molar-refractivity contribution in [3.63, 3.8) is 0 Å². The molecular formula is C23H30N4O4. The van der Waals surface area contributed by atoms with Gasteiger partial charge in [-0.2, -0.15) is 0 Å². The van der Waals surface area contributed by atoms with Gasteiger partial charge in [0.15, 0.2) is 11.5 Å². The van der Waals surface area contributed by atoms with Gasteiger partial charge in [-0.25, -0.2) is 9.78 Å². The lowest BCUT2D eigenvalue weighted by Crippen LogP contribution is -2.40. The second-order valence-corrected chi connectivity index (χ2v) is 7.45. The van der Waals surface area contributed by atoms with Gasteiger partial charge in [0.1, 0.15) is 12.0 Å². The van der Waals surface area contributed by atoms with Crippen LogP contribution in [-0.4, -0.2) is 60.1 Å². The maximum atomic E-state index is 10.9. The molecule has 2 aromatic heterocycles. The van der Waals surface area contributed by atoms with Crippen molar-refractivity contribution in [3.8, 4) is 5.75 Å². The Morgan fingerprint density at radius 2 is 2.16 bits per heavy atom. The molecule has 5 rings (SSSR count). The summed E-state index contributed by atoms with van der Waals surface area (Å²) in [5.74, 6) is 0.707. The maximum absolute atomic E-state index is 10.9. The van der Waals surface area contributed by atoms with Crippen LogP contribution >= 0.6 is 0 Å². The number of aldehydes is 1. The highest BCUT2D eigenvalue weighted by Gasteiger charge is 2.35. The molecule has 0 aromatic carbocycles. The molecule has 0 amide bonds. The second-order valence-electron chi connectivity index (χ2n) is 7.45. The number of carbonyl (C=O) groups excluding carboxylic acids is 1. The fraction of sp³-hybridized carbons (Fsp3) is 0.478. The number of fused-ring (bicyclic) bond motifs is 5. The highest BCUT2D eigenvalue weighted by Crippen LogP contribution is 2.37. The predicted molar refractivity (Wildman–Crippen MR) is 119 cm³/mol. The maximum Gasteiger partial charge on any atom is 0.354 e. The zero-order chi connectivity index (χ0) is 22.4. The molecule has 1 fully saturated rings. The number of likely N-dealkylation sites (N-methyl/N-ethyl adjacent to an activating group) is 1. The summed E-state index contributed by atoms with van der Waals surface area (Å²) >= 11 is 0. The number of anilines is 2. The van der Waals surface area contributed by atoms with Gasteiger partial charge in [-0.1, -0.05) is 13.8 Å². The summed E-state index contributed by atoms with van der Waals surface area (Å²) in [6, 6.07) is 5.88.